The summed E-state index contributed by atoms with van der Waals surface area (Å²) in [5.41, 5.74) is 1.97. The van der Waals surface area contributed by atoms with Gasteiger partial charge in [0.05, 0.1) is 22.1 Å². The number of rotatable bonds is 5. The number of aromatic nitrogens is 5. The van der Waals surface area contributed by atoms with Crippen LogP contribution in [0, 0.1) is 6.92 Å². The Bertz CT molecular complexity index is 1440. The number of benzene rings is 2. The fourth-order valence-electron chi connectivity index (χ4n) is 3.45. The third kappa shape index (κ3) is 3.59. The van der Waals surface area contributed by atoms with Crippen molar-refractivity contribution < 1.29 is 4.79 Å². The Balaban J connectivity index is 1.36. The fourth-order valence-corrected chi connectivity index (χ4v) is 4.33. The normalized spacial score (nSPS) is 11.3. The highest BCUT2D eigenvalue weighted by Gasteiger charge is 2.15. The minimum absolute atomic E-state index is 0.136. The maximum absolute atomic E-state index is 13.0. The number of hydrogen-bond donors (Lipinski definition) is 1. The van der Waals surface area contributed by atoms with E-state index in [4.69, 9.17) is 0 Å². The Morgan fingerprint density at radius 2 is 1.84 bits per heavy atom. The standard InChI is InChI=1S/C22H18N6O2S/c1-14-24-20-16(13-23-28(20)15-7-3-2-4-8-15)21(30)27(14)12-11-19(29)26-22-25-17-9-5-6-10-18(17)31-22/h2-10,13H,11-12H2,1H3,(H,25,26,29). The quantitative estimate of drug-likeness (QED) is 0.460. The van der Waals surface area contributed by atoms with E-state index in [1.54, 1.807) is 11.6 Å². The van der Waals surface area contributed by atoms with Crippen molar-refractivity contribution in [2.75, 3.05) is 5.32 Å². The number of anilines is 1. The van der Waals surface area contributed by atoms with Gasteiger partial charge in [0, 0.05) is 13.0 Å². The second-order valence-corrected chi connectivity index (χ2v) is 8.06. The summed E-state index contributed by atoms with van der Waals surface area (Å²) in [6.07, 6.45) is 1.66. The first-order valence-corrected chi connectivity index (χ1v) is 10.6. The zero-order valence-corrected chi connectivity index (χ0v) is 17.5. The summed E-state index contributed by atoms with van der Waals surface area (Å²) < 4.78 is 4.17. The van der Waals surface area contributed by atoms with E-state index in [0.29, 0.717) is 22.0 Å². The Kier molecular flexibility index (Phi) is 4.79. The molecule has 3 heterocycles. The number of thiazole rings is 1. The van der Waals surface area contributed by atoms with E-state index in [1.165, 1.54) is 22.1 Å². The Labute approximate surface area is 180 Å². The molecule has 0 radical (unpaired) electrons. The summed E-state index contributed by atoms with van der Waals surface area (Å²) in [5.74, 6) is 0.327. The maximum Gasteiger partial charge on any atom is 0.264 e. The van der Waals surface area contributed by atoms with Crippen LogP contribution >= 0.6 is 11.3 Å². The number of carbonyl (C=O) groups excluding carboxylic acids is 1. The highest BCUT2D eigenvalue weighted by molar-refractivity contribution is 7.22. The van der Waals surface area contributed by atoms with Gasteiger partial charge >= 0.3 is 0 Å². The lowest BCUT2D eigenvalue weighted by atomic mass is 10.3. The summed E-state index contributed by atoms with van der Waals surface area (Å²) in [4.78, 5) is 34.4. The Morgan fingerprint density at radius 1 is 1.06 bits per heavy atom. The molecule has 154 valence electrons. The van der Waals surface area contributed by atoms with Crippen LogP contribution in [0.2, 0.25) is 0 Å². The van der Waals surface area contributed by atoms with Gasteiger partial charge in [-0.05, 0) is 31.2 Å². The zero-order valence-electron chi connectivity index (χ0n) is 16.6. The maximum atomic E-state index is 13.0. The lowest BCUT2D eigenvalue weighted by Gasteiger charge is -2.10. The molecular formula is C22H18N6O2S. The number of amides is 1. The van der Waals surface area contributed by atoms with Gasteiger partial charge in [0.25, 0.3) is 5.56 Å². The molecule has 0 aliphatic carbocycles. The smallest absolute Gasteiger partial charge is 0.264 e. The first-order chi connectivity index (χ1) is 15.1. The van der Waals surface area contributed by atoms with E-state index >= 15 is 0 Å². The number of aryl methyl sites for hydroxylation is 1. The van der Waals surface area contributed by atoms with Gasteiger partial charge in [0.2, 0.25) is 5.91 Å². The average molecular weight is 430 g/mol. The molecule has 1 N–H and O–H groups in total. The lowest BCUT2D eigenvalue weighted by molar-refractivity contribution is -0.116. The van der Waals surface area contributed by atoms with Crippen LogP contribution in [-0.4, -0.2) is 30.2 Å². The molecule has 5 aromatic rings. The fraction of sp³-hybridized carbons (Fsp3) is 0.136. The first-order valence-electron chi connectivity index (χ1n) is 9.76. The molecule has 0 aliphatic heterocycles. The van der Waals surface area contributed by atoms with Gasteiger partial charge in [-0.15, -0.1) is 0 Å². The molecule has 5 rings (SSSR count). The molecule has 0 saturated carbocycles. The van der Waals surface area contributed by atoms with Crippen molar-refractivity contribution in [3.63, 3.8) is 0 Å². The predicted molar refractivity (Wildman–Crippen MR) is 121 cm³/mol. The van der Waals surface area contributed by atoms with Crippen LogP contribution in [0.15, 0.2) is 65.6 Å². The van der Waals surface area contributed by atoms with Crippen molar-refractivity contribution >= 4 is 43.6 Å². The van der Waals surface area contributed by atoms with Gasteiger partial charge in [-0.25, -0.2) is 14.6 Å². The van der Waals surface area contributed by atoms with E-state index in [9.17, 15) is 9.59 Å². The van der Waals surface area contributed by atoms with Gasteiger partial charge in [0.15, 0.2) is 10.8 Å². The van der Waals surface area contributed by atoms with Crippen LogP contribution in [0.3, 0.4) is 0 Å². The lowest BCUT2D eigenvalue weighted by Crippen LogP contribution is -2.26. The number of fused-ring (bicyclic) bond motifs is 2. The van der Waals surface area contributed by atoms with E-state index in [2.05, 4.69) is 20.4 Å². The van der Waals surface area contributed by atoms with Crippen molar-refractivity contribution in [1.82, 2.24) is 24.3 Å². The van der Waals surface area contributed by atoms with Crippen molar-refractivity contribution in [2.45, 2.75) is 19.9 Å². The van der Waals surface area contributed by atoms with Crippen molar-refractivity contribution in [3.05, 3.63) is 77.0 Å². The van der Waals surface area contributed by atoms with Crippen LogP contribution in [-0.2, 0) is 11.3 Å². The second kappa shape index (κ2) is 7.77. The molecule has 0 bridgehead atoms. The van der Waals surface area contributed by atoms with Crippen molar-refractivity contribution in [1.29, 1.82) is 0 Å². The van der Waals surface area contributed by atoms with Crippen LogP contribution < -0.4 is 10.9 Å². The predicted octanol–water partition coefficient (Wildman–Crippen LogP) is 3.53. The minimum atomic E-state index is -0.211. The summed E-state index contributed by atoms with van der Waals surface area (Å²) >= 11 is 1.42. The first kappa shape index (κ1) is 19.1. The Morgan fingerprint density at radius 3 is 2.65 bits per heavy atom. The van der Waals surface area contributed by atoms with E-state index in [-0.39, 0.29) is 24.4 Å². The molecule has 0 spiro atoms. The molecule has 8 nitrogen and oxygen atoms in total. The molecule has 9 heteroatoms. The van der Waals surface area contributed by atoms with Crippen LogP contribution in [0.4, 0.5) is 5.13 Å². The highest BCUT2D eigenvalue weighted by Crippen LogP contribution is 2.25. The molecule has 2 aromatic carbocycles. The second-order valence-electron chi connectivity index (χ2n) is 7.03. The number of nitrogens with one attached hydrogen (secondary N) is 1. The molecule has 0 atom stereocenters. The van der Waals surface area contributed by atoms with Gasteiger partial charge in [-0.3, -0.25) is 14.2 Å². The highest BCUT2D eigenvalue weighted by atomic mass is 32.1. The topological polar surface area (TPSA) is 94.7 Å². The van der Waals surface area contributed by atoms with E-state index in [1.807, 2.05) is 54.6 Å². The van der Waals surface area contributed by atoms with Crippen LogP contribution in [0.5, 0.6) is 0 Å². The summed E-state index contributed by atoms with van der Waals surface area (Å²) in [7, 11) is 0. The number of para-hydroxylation sites is 2. The monoisotopic (exact) mass is 430 g/mol. The molecule has 0 saturated heterocycles. The molecule has 31 heavy (non-hydrogen) atoms. The SMILES string of the molecule is Cc1nc2c(cnn2-c2ccccc2)c(=O)n1CCC(=O)Nc1nc2ccccc2s1. The third-order valence-electron chi connectivity index (χ3n) is 4.98. The van der Waals surface area contributed by atoms with Gasteiger partial charge < -0.3 is 5.32 Å². The Hall–Kier alpha value is -3.85. The minimum Gasteiger partial charge on any atom is -0.302 e. The summed E-state index contributed by atoms with van der Waals surface area (Å²) in [6.45, 7) is 1.98. The van der Waals surface area contributed by atoms with E-state index in [0.717, 1.165) is 15.9 Å². The van der Waals surface area contributed by atoms with Crippen molar-refractivity contribution in [2.24, 2.45) is 0 Å². The van der Waals surface area contributed by atoms with Crippen molar-refractivity contribution in [3.8, 4) is 5.69 Å². The number of carbonyl (C=O) groups is 1. The third-order valence-corrected chi connectivity index (χ3v) is 5.93. The molecule has 0 unspecified atom stereocenters. The van der Waals surface area contributed by atoms with Gasteiger partial charge in [-0.2, -0.15) is 5.10 Å². The molecular weight excluding hydrogens is 412 g/mol. The molecule has 0 fully saturated rings. The zero-order chi connectivity index (χ0) is 21.4. The van der Waals surface area contributed by atoms with Crippen LogP contribution in [0.1, 0.15) is 12.2 Å². The number of hydrogen-bond acceptors (Lipinski definition) is 6. The van der Waals surface area contributed by atoms with Gasteiger partial charge in [-0.1, -0.05) is 41.7 Å². The molecule has 1 amide bonds. The molecule has 3 aromatic heterocycles. The summed E-state index contributed by atoms with van der Waals surface area (Å²) in [5, 5.41) is 8.12. The van der Waals surface area contributed by atoms with Gasteiger partial charge in [0.1, 0.15) is 11.2 Å². The largest absolute Gasteiger partial charge is 0.302 e. The summed E-state index contributed by atoms with van der Waals surface area (Å²) in [6, 6.07) is 17.2. The average Bonchev–Trinajstić information content (AvgIpc) is 3.37. The van der Waals surface area contributed by atoms with E-state index < -0.39 is 0 Å². The molecule has 0 aliphatic rings. The van der Waals surface area contributed by atoms with Crippen LogP contribution in [0.25, 0.3) is 26.9 Å². The number of nitrogens with zero attached hydrogens (tertiary/aromatic N) is 5.